The first-order valence-electron chi connectivity index (χ1n) is 8.32. The third kappa shape index (κ3) is 6.25. The molecule has 2 rings (SSSR count). The fourth-order valence-corrected chi connectivity index (χ4v) is 2.59. The fraction of sp³-hybridized carbons (Fsp3) is 0.800. The van der Waals surface area contributed by atoms with Crippen molar-refractivity contribution < 1.29 is 5.11 Å². The van der Waals surface area contributed by atoms with Gasteiger partial charge in [-0.3, -0.25) is 4.99 Å². The van der Waals surface area contributed by atoms with Crippen LogP contribution in [-0.4, -0.2) is 63.0 Å². The van der Waals surface area contributed by atoms with Crippen LogP contribution in [0.5, 0.6) is 0 Å². The predicted molar refractivity (Wildman–Crippen MR) is 102 cm³/mol. The number of aliphatic imine (C=N–C) groups is 1. The maximum absolute atomic E-state index is 9.64. The zero-order valence-corrected chi connectivity index (χ0v) is 16.4. The Morgan fingerprint density at radius 1 is 1.39 bits per heavy atom. The minimum Gasteiger partial charge on any atom is -0.393 e. The Bertz CT molecular complexity index is 470. The summed E-state index contributed by atoms with van der Waals surface area (Å²) in [6.07, 6.45) is 5.18. The summed E-state index contributed by atoms with van der Waals surface area (Å²) in [7, 11) is 0. The van der Waals surface area contributed by atoms with E-state index in [4.69, 9.17) is 0 Å². The normalized spacial score (nSPS) is 16.3. The molecule has 1 aliphatic rings. The number of piperidine rings is 1. The molecule has 23 heavy (non-hydrogen) atoms. The number of nitrogens with one attached hydrogen (secondary N) is 1. The van der Waals surface area contributed by atoms with E-state index in [-0.39, 0.29) is 30.1 Å². The third-order valence-electron chi connectivity index (χ3n) is 3.90. The highest BCUT2D eigenvalue weighted by Crippen LogP contribution is 2.10. The van der Waals surface area contributed by atoms with Gasteiger partial charge in [-0.1, -0.05) is 13.8 Å². The summed E-state index contributed by atoms with van der Waals surface area (Å²) >= 11 is 0. The molecular formula is C15H29IN6O. The Labute approximate surface area is 155 Å². The molecule has 2 heterocycles. The van der Waals surface area contributed by atoms with E-state index in [1.54, 1.807) is 6.33 Å². The van der Waals surface area contributed by atoms with Crippen molar-refractivity contribution in [3.63, 3.8) is 0 Å². The van der Waals surface area contributed by atoms with Crippen LogP contribution in [0.25, 0.3) is 0 Å². The molecule has 1 fully saturated rings. The molecule has 7 nitrogen and oxygen atoms in total. The maximum Gasteiger partial charge on any atom is 0.193 e. The number of hydrogen-bond donors (Lipinski definition) is 2. The smallest absolute Gasteiger partial charge is 0.193 e. The molecule has 8 heteroatoms. The maximum atomic E-state index is 9.64. The molecule has 0 unspecified atom stereocenters. The Kier molecular flexibility index (Phi) is 9.46. The average Bonchev–Trinajstić information content (AvgIpc) is 2.99. The van der Waals surface area contributed by atoms with Crippen molar-refractivity contribution in [2.45, 2.75) is 52.2 Å². The molecule has 0 aromatic carbocycles. The van der Waals surface area contributed by atoms with Crippen LogP contribution in [0.4, 0.5) is 0 Å². The van der Waals surface area contributed by atoms with Gasteiger partial charge in [-0.05, 0) is 19.3 Å². The lowest BCUT2D eigenvalue weighted by Crippen LogP contribution is -2.47. The van der Waals surface area contributed by atoms with Gasteiger partial charge < -0.3 is 19.9 Å². The average molecular weight is 436 g/mol. The molecule has 1 aromatic rings. The fourth-order valence-electron chi connectivity index (χ4n) is 2.59. The number of aliphatic hydroxyl groups is 1. The summed E-state index contributed by atoms with van der Waals surface area (Å²) in [4.78, 5) is 6.91. The summed E-state index contributed by atoms with van der Waals surface area (Å²) in [5, 5.41) is 21.1. The Morgan fingerprint density at radius 3 is 2.78 bits per heavy atom. The van der Waals surface area contributed by atoms with Gasteiger partial charge >= 0.3 is 0 Å². The van der Waals surface area contributed by atoms with Gasteiger partial charge in [-0.2, -0.15) is 0 Å². The molecule has 0 spiro atoms. The predicted octanol–water partition coefficient (Wildman–Crippen LogP) is 1.27. The van der Waals surface area contributed by atoms with Gasteiger partial charge in [0.15, 0.2) is 5.96 Å². The van der Waals surface area contributed by atoms with Crippen LogP contribution in [0, 0.1) is 0 Å². The van der Waals surface area contributed by atoms with Gasteiger partial charge in [-0.15, -0.1) is 34.2 Å². The first kappa shape index (κ1) is 20.1. The van der Waals surface area contributed by atoms with Crippen LogP contribution >= 0.6 is 24.0 Å². The van der Waals surface area contributed by atoms with E-state index < -0.39 is 0 Å². The zero-order chi connectivity index (χ0) is 15.8. The van der Waals surface area contributed by atoms with E-state index >= 15 is 0 Å². The zero-order valence-electron chi connectivity index (χ0n) is 14.1. The van der Waals surface area contributed by atoms with E-state index in [9.17, 15) is 5.11 Å². The van der Waals surface area contributed by atoms with Crippen molar-refractivity contribution >= 4 is 29.9 Å². The number of guanidine groups is 1. The van der Waals surface area contributed by atoms with Crippen LogP contribution in [0.2, 0.25) is 0 Å². The van der Waals surface area contributed by atoms with Gasteiger partial charge in [0.25, 0.3) is 0 Å². The number of nitrogens with zero attached hydrogens (tertiary/aromatic N) is 5. The summed E-state index contributed by atoms with van der Waals surface area (Å²) in [6.45, 7) is 8.40. The van der Waals surface area contributed by atoms with E-state index in [1.807, 2.05) is 0 Å². The number of halogens is 1. The summed E-state index contributed by atoms with van der Waals surface area (Å²) < 4.78 is 2.07. The summed E-state index contributed by atoms with van der Waals surface area (Å²) in [6, 6.07) is 0. The highest BCUT2D eigenvalue weighted by atomic mass is 127. The number of aliphatic hydroxyl groups excluding tert-OH is 1. The summed E-state index contributed by atoms with van der Waals surface area (Å²) in [5.41, 5.74) is 0. The van der Waals surface area contributed by atoms with Crippen LogP contribution in [0.15, 0.2) is 11.3 Å². The highest BCUT2D eigenvalue weighted by Gasteiger charge is 2.19. The number of aryl methyl sites for hydroxylation is 1. The van der Waals surface area contributed by atoms with E-state index in [1.165, 1.54) is 0 Å². The quantitative estimate of drug-likeness (QED) is 0.399. The largest absolute Gasteiger partial charge is 0.393 e. The standard InChI is InChI=1S/C15H28N6O.HI/c1-3-7-16-15(20-9-5-13(22)6-10-20)17-8-11-21-12-18-19-14(21)4-2;/h12-13,22H,3-11H2,1-2H3,(H,16,17);1H. The summed E-state index contributed by atoms with van der Waals surface area (Å²) in [5.74, 6) is 1.97. The molecule has 0 saturated carbocycles. The second-order valence-electron chi connectivity index (χ2n) is 5.64. The van der Waals surface area contributed by atoms with Crippen molar-refractivity contribution in [3.05, 3.63) is 12.2 Å². The minimum absolute atomic E-state index is 0. The molecule has 0 aliphatic carbocycles. The number of hydrogen-bond acceptors (Lipinski definition) is 4. The van der Waals surface area contributed by atoms with E-state index in [2.05, 4.69) is 43.8 Å². The van der Waals surface area contributed by atoms with Crippen molar-refractivity contribution in [2.75, 3.05) is 26.2 Å². The third-order valence-corrected chi connectivity index (χ3v) is 3.90. The Hall–Kier alpha value is -0.900. The second-order valence-corrected chi connectivity index (χ2v) is 5.64. The van der Waals surface area contributed by atoms with Crippen molar-refractivity contribution in [1.29, 1.82) is 0 Å². The Morgan fingerprint density at radius 2 is 2.13 bits per heavy atom. The molecule has 1 aliphatic heterocycles. The second kappa shape index (κ2) is 10.8. The van der Waals surface area contributed by atoms with Crippen LogP contribution in [-0.2, 0) is 13.0 Å². The first-order chi connectivity index (χ1) is 10.7. The Balaban J connectivity index is 0.00000264. The molecular weight excluding hydrogens is 407 g/mol. The highest BCUT2D eigenvalue weighted by molar-refractivity contribution is 14.0. The SMILES string of the molecule is CCCN=C(NCCn1cnnc1CC)N1CCC(O)CC1.I. The molecule has 2 N–H and O–H groups in total. The number of rotatable bonds is 6. The molecule has 132 valence electrons. The molecule has 0 amide bonds. The van der Waals surface area contributed by atoms with Gasteiger partial charge in [0, 0.05) is 39.1 Å². The monoisotopic (exact) mass is 436 g/mol. The molecule has 1 saturated heterocycles. The number of likely N-dealkylation sites (tertiary alicyclic amines) is 1. The van der Waals surface area contributed by atoms with Crippen molar-refractivity contribution in [1.82, 2.24) is 25.0 Å². The van der Waals surface area contributed by atoms with Crippen LogP contribution in [0.3, 0.4) is 0 Å². The van der Waals surface area contributed by atoms with Gasteiger partial charge in [0.1, 0.15) is 12.2 Å². The van der Waals surface area contributed by atoms with Gasteiger partial charge in [0.2, 0.25) is 0 Å². The van der Waals surface area contributed by atoms with Crippen LogP contribution in [0.1, 0.15) is 38.9 Å². The topological polar surface area (TPSA) is 78.6 Å². The van der Waals surface area contributed by atoms with Gasteiger partial charge in [-0.25, -0.2) is 0 Å². The first-order valence-corrected chi connectivity index (χ1v) is 8.32. The molecule has 0 bridgehead atoms. The lowest BCUT2D eigenvalue weighted by molar-refractivity contribution is 0.108. The molecule has 0 radical (unpaired) electrons. The number of aromatic nitrogens is 3. The molecule has 1 aromatic heterocycles. The lowest BCUT2D eigenvalue weighted by Gasteiger charge is -2.32. The van der Waals surface area contributed by atoms with Crippen molar-refractivity contribution in [3.8, 4) is 0 Å². The van der Waals surface area contributed by atoms with Gasteiger partial charge in [0.05, 0.1) is 6.10 Å². The van der Waals surface area contributed by atoms with Crippen LogP contribution < -0.4 is 5.32 Å². The van der Waals surface area contributed by atoms with E-state index in [0.717, 1.165) is 70.2 Å². The molecule has 0 atom stereocenters. The minimum atomic E-state index is -0.159. The van der Waals surface area contributed by atoms with E-state index in [0.29, 0.717) is 0 Å². The van der Waals surface area contributed by atoms with Crippen molar-refractivity contribution in [2.24, 2.45) is 4.99 Å². The lowest BCUT2D eigenvalue weighted by atomic mass is 10.1.